The average Bonchev–Trinajstić information content (AvgIpc) is 2.91. The molecule has 0 saturated carbocycles. The highest BCUT2D eigenvalue weighted by Crippen LogP contribution is 2.29. The van der Waals surface area contributed by atoms with Crippen molar-refractivity contribution in [2.75, 3.05) is 6.61 Å². The molecule has 0 aliphatic heterocycles. The zero-order valence-electron chi connectivity index (χ0n) is 13.7. The number of nitrogens with zero attached hydrogens (tertiary/aromatic N) is 2. The molecule has 0 aliphatic rings. The van der Waals surface area contributed by atoms with Gasteiger partial charge in [-0.25, -0.2) is 9.78 Å². The molecule has 0 fully saturated rings. The number of ether oxygens (including phenoxy) is 1. The van der Waals surface area contributed by atoms with E-state index in [9.17, 15) is 4.79 Å². The van der Waals surface area contributed by atoms with E-state index in [2.05, 4.69) is 34.7 Å². The van der Waals surface area contributed by atoms with Gasteiger partial charge in [-0.3, -0.25) is 0 Å². The number of aromatic nitrogens is 2. The highest BCUT2D eigenvalue weighted by Gasteiger charge is 2.21. The van der Waals surface area contributed by atoms with Crippen LogP contribution in [0.15, 0.2) is 42.5 Å². The Morgan fingerprint density at radius 2 is 1.87 bits per heavy atom. The number of imidazole rings is 1. The molecule has 1 aromatic heterocycles. The molecule has 118 valence electrons. The summed E-state index contributed by atoms with van der Waals surface area (Å²) in [4.78, 5) is 16.8. The van der Waals surface area contributed by atoms with Gasteiger partial charge in [-0.15, -0.1) is 0 Å². The van der Waals surface area contributed by atoms with Gasteiger partial charge >= 0.3 is 5.97 Å². The largest absolute Gasteiger partial charge is 0.461 e. The lowest BCUT2D eigenvalue weighted by atomic mass is 10.0. The van der Waals surface area contributed by atoms with Crippen LogP contribution in [-0.2, 0) is 11.3 Å². The summed E-state index contributed by atoms with van der Waals surface area (Å²) in [5.41, 5.74) is 2.27. The van der Waals surface area contributed by atoms with Crippen LogP contribution in [0.2, 0.25) is 0 Å². The minimum atomic E-state index is -0.362. The fraction of sp³-hybridized carbons (Fsp3) is 0.263. The third kappa shape index (κ3) is 2.61. The van der Waals surface area contributed by atoms with Crippen molar-refractivity contribution in [3.8, 4) is 11.4 Å². The van der Waals surface area contributed by atoms with Crippen LogP contribution in [0.1, 0.15) is 30.0 Å². The summed E-state index contributed by atoms with van der Waals surface area (Å²) in [6, 6.07) is 14.3. The number of carbonyl (C=O) groups excluding carboxylic acids is 1. The molecule has 0 radical (unpaired) electrons. The minimum absolute atomic E-state index is 0.348. The average molecular weight is 308 g/mol. The van der Waals surface area contributed by atoms with E-state index in [1.807, 2.05) is 31.2 Å². The molecule has 2 aromatic carbocycles. The maximum absolute atomic E-state index is 12.1. The van der Waals surface area contributed by atoms with Crippen LogP contribution in [0, 0.1) is 6.92 Å². The van der Waals surface area contributed by atoms with E-state index in [1.165, 1.54) is 0 Å². The molecule has 3 rings (SSSR count). The molecular formula is C19H20N2O2. The van der Waals surface area contributed by atoms with Crippen LogP contribution in [0.25, 0.3) is 22.2 Å². The summed E-state index contributed by atoms with van der Waals surface area (Å²) in [5, 5.41) is 2.29. The first-order valence-electron chi connectivity index (χ1n) is 7.89. The quantitative estimate of drug-likeness (QED) is 0.678. The Morgan fingerprint density at radius 3 is 2.61 bits per heavy atom. The Hall–Kier alpha value is -2.62. The van der Waals surface area contributed by atoms with E-state index < -0.39 is 0 Å². The van der Waals surface area contributed by atoms with Crippen molar-refractivity contribution < 1.29 is 9.53 Å². The van der Waals surface area contributed by atoms with Crippen LogP contribution < -0.4 is 0 Å². The van der Waals surface area contributed by atoms with E-state index >= 15 is 0 Å². The molecule has 3 aromatic rings. The SMILES string of the molecule is CCOC(=O)c1nc(-c2cccc3ccccc23)n(CC)c1C. The Balaban J connectivity index is 2.23. The smallest absolute Gasteiger partial charge is 0.358 e. The number of rotatable bonds is 4. The molecule has 0 N–H and O–H groups in total. The molecule has 1 heterocycles. The second kappa shape index (κ2) is 6.24. The molecule has 0 atom stereocenters. The Kier molecular flexibility index (Phi) is 4.15. The van der Waals surface area contributed by atoms with Crippen LogP contribution in [0.5, 0.6) is 0 Å². The summed E-state index contributed by atoms with van der Waals surface area (Å²) in [7, 11) is 0. The molecule has 0 saturated heterocycles. The lowest BCUT2D eigenvalue weighted by molar-refractivity contribution is 0.0519. The van der Waals surface area contributed by atoms with Gasteiger partial charge in [0.2, 0.25) is 0 Å². The summed E-state index contributed by atoms with van der Waals surface area (Å²) in [6.07, 6.45) is 0. The summed E-state index contributed by atoms with van der Waals surface area (Å²) in [6.45, 7) is 6.86. The van der Waals surface area contributed by atoms with Gasteiger partial charge in [0.15, 0.2) is 5.69 Å². The highest BCUT2D eigenvalue weighted by atomic mass is 16.5. The first kappa shape index (κ1) is 15.3. The van der Waals surface area contributed by atoms with Crippen molar-refractivity contribution in [1.29, 1.82) is 0 Å². The Bertz CT molecular complexity index is 860. The molecule has 0 bridgehead atoms. The number of carbonyl (C=O) groups is 1. The third-order valence-electron chi connectivity index (χ3n) is 4.04. The minimum Gasteiger partial charge on any atom is -0.461 e. The number of fused-ring (bicyclic) bond motifs is 1. The zero-order valence-corrected chi connectivity index (χ0v) is 13.7. The van der Waals surface area contributed by atoms with E-state index in [0.717, 1.165) is 34.4 Å². The second-order valence-electron chi connectivity index (χ2n) is 5.36. The van der Waals surface area contributed by atoms with Crippen molar-refractivity contribution in [2.24, 2.45) is 0 Å². The van der Waals surface area contributed by atoms with Gasteiger partial charge in [0.25, 0.3) is 0 Å². The van der Waals surface area contributed by atoms with Gasteiger partial charge in [0.05, 0.1) is 6.61 Å². The maximum atomic E-state index is 12.1. The van der Waals surface area contributed by atoms with E-state index in [0.29, 0.717) is 12.3 Å². The number of hydrogen-bond acceptors (Lipinski definition) is 3. The molecule has 0 amide bonds. The van der Waals surface area contributed by atoms with Crippen molar-refractivity contribution in [3.63, 3.8) is 0 Å². The van der Waals surface area contributed by atoms with Crippen molar-refractivity contribution in [1.82, 2.24) is 9.55 Å². The lowest BCUT2D eigenvalue weighted by Gasteiger charge is -2.09. The van der Waals surface area contributed by atoms with Crippen LogP contribution >= 0.6 is 0 Å². The predicted octanol–water partition coefficient (Wildman–Crippen LogP) is 4.21. The van der Waals surface area contributed by atoms with Gasteiger partial charge in [-0.2, -0.15) is 0 Å². The Labute approximate surface area is 135 Å². The predicted molar refractivity (Wildman–Crippen MR) is 91.5 cm³/mol. The molecule has 4 heteroatoms. The molecule has 4 nitrogen and oxygen atoms in total. The fourth-order valence-electron chi connectivity index (χ4n) is 2.94. The second-order valence-corrected chi connectivity index (χ2v) is 5.36. The van der Waals surface area contributed by atoms with Crippen molar-refractivity contribution in [3.05, 3.63) is 53.9 Å². The topological polar surface area (TPSA) is 44.1 Å². The molecule has 0 unspecified atom stereocenters. The standard InChI is InChI=1S/C19H20N2O2/c1-4-21-13(3)17(19(22)23-5-2)20-18(21)16-12-8-10-14-9-6-7-11-15(14)16/h6-12H,4-5H2,1-3H3. The third-order valence-corrected chi connectivity index (χ3v) is 4.04. The summed E-state index contributed by atoms with van der Waals surface area (Å²) in [5.74, 6) is 0.448. The van der Waals surface area contributed by atoms with Gasteiger partial charge in [-0.05, 0) is 31.5 Å². The van der Waals surface area contributed by atoms with Crippen LogP contribution in [0.3, 0.4) is 0 Å². The van der Waals surface area contributed by atoms with Gasteiger partial charge in [0.1, 0.15) is 5.82 Å². The first-order valence-corrected chi connectivity index (χ1v) is 7.89. The van der Waals surface area contributed by atoms with Crippen LogP contribution in [0.4, 0.5) is 0 Å². The normalized spacial score (nSPS) is 10.9. The maximum Gasteiger partial charge on any atom is 0.358 e. The zero-order chi connectivity index (χ0) is 16.4. The van der Waals surface area contributed by atoms with E-state index in [4.69, 9.17) is 4.74 Å². The van der Waals surface area contributed by atoms with Gasteiger partial charge < -0.3 is 9.30 Å². The van der Waals surface area contributed by atoms with Crippen molar-refractivity contribution in [2.45, 2.75) is 27.3 Å². The molecular weight excluding hydrogens is 288 g/mol. The van der Waals surface area contributed by atoms with E-state index in [-0.39, 0.29) is 5.97 Å². The fourth-order valence-corrected chi connectivity index (χ4v) is 2.94. The lowest BCUT2D eigenvalue weighted by Crippen LogP contribution is -2.07. The highest BCUT2D eigenvalue weighted by molar-refractivity contribution is 5.96. The first-order chi connectivity index (χ1) is 11.2. The molecule has 23 heavy (non-hydrogen) atoms. The molecule has 0 spiro atoms. The van der Waals surface area contributed by atoms with Gasteiger partial charge in [0, 0.05) is 17.8 Å². The van der Waals surface area contributed by atoms with Crippen molar-refractivity contribution >= 4 is 16.7 Å². The van der Waals surface area contributed by atoms with Gasteiger partial charge in [-0.1, -0.05) is 42.5 Å². The van der Waals surface area contributed by atoms with Crippen LogP contribution in [-0.4, -0.2) is 22.1 Å². The number of benzene rings is 2. The molecule has 0 aliphatic carbocycles. The Morgan fingerprint density at radius 1 is 1.13 bits per heavy atom. The monoisotopic (exact) mass is 308 g/mol. The summed E-state index contributed by atoms with van der Waals surface area (Å²) >= 11 is 0. The summed E-state index contributed by atoms with van der Waals surface area (Å²) < 4.78 is 7.19. The van der Waals surface area contributed by atoms with E-state index in [1.54, 1.807) is 6.92 Å². The number of esters is 1. The number of hydrogen-bond donors (Lipinski definition) is 0.